The van der Waals surface area contributed by atoms with Crippen LogP contribution in [0.4, 0.5) is 0 Å². The maximum absolute atomic E-state index is 6.25. The number of aromatic nitrogens is 2. The van der Waals surface area contributed by atoms with E-state index in [2.05, 4.69) is 4.98 Å². The molecule has 70 valence electrons. The van der Waals surface area contributed by atoms with Gasteiger partial charge in [-0.05, 0) is 0 Å². The molecule has 0 saturated heterocycles. The Morgan fingerprint density at radius 3 is 2.57 bits per heavy atom. The summed E-state index contributed by atoms with van der Waals surface area (Å²) >= 11 is 6.25. The van der Waals surface area contributed by atoms with Gasteiger partial charge in [0.25, 0.3) is 6.33 Å². The minimum atomic E-state index is -0.190. The van der Waals surface area contributed by atoms with Crippen molar-refractivity contribution in [3.05, 3.63) is 60.7 Å². The summed E-state index contributed by atoms with van der Waals surface area (Å²) < 4.78 is 1.86. The highest BCUT2D eigenvalue weighted by Crippen LogP contribution is 2.15. The van der Waals surface area contributed by atoms with Crippen molar-refractivity contribution < 1.29 is 4.57 Å². The molecule has 14 heavy (non-hydrogen) atoms. The number of hydrogen-bond acceptors (Lipinski definition) is 1. The molecule has 2 aromatic rings. The summed E-state index contributed by atoms with van der Waals surface area (Å²) in [5, 5.41) is 0. The van der Waals surface area contributed by atoms with E-state index in [4.69, 9.17) is 11.6 Å². The summed E-state index contributed by atoms with van der Waals surface area (Å²) in [7, 11) is 0. The van der Waals surface area contributed by atoms with Crippen LogP contribution in [0.5, 0.6) is 0 Å². The predicted octanol–water partition coefficient (Wildman–Crippen LogP) is 2.15. The van der Waals surface area contributed by atoms with E-state index in [0.717, 1.165) is 5.56 Å². The lowest BCUT2D eigenvalue weighted by Gasteiger charge is -2.06. The molecule has 0 fully saturated rings. The normalized spacial score (nSPS) is 12.4. The Bertz CT molecular complexity index is 349. The first kappa shape index (κ1) is 9.16. The van der Waals surface area contributed by atoms with Gasteiger partial charge in [0.05, 0.1) is 6.20 Å². The monoisotopic (exact) mass is 205 g/mol. The van der Waals surface area contributed by atoms with Crippen LogP contribution in [-0.4, -0.2) is 4.98 Å². The minimum Gasteiger partial charge on any atom is -0.216 e. The SMILES string of the molecule is ClC(c1ccccc1)[n+]1cccnc1. The largest absolute Gasteiger partial charge is 0.287 e. The van der Waals surface area contributed by atoms with Crippen LogP contribution in [0.1, 0.15) is 11.1 Å². The van der Waals surface area contributed by atoms with Crippen LogP contribution < -0.4 is 4.57 Å². The van der Waals surface area contributed by atoms with Gasteiger partial charge in [-0.15, -0.1) is 0 Å². The molecule has 0 aliphatic rings. The summed E-state index contributed by atoms with van der Waals surface area (Å²) in [6, 6.07) is 11.8. The molecule has 0 bridgehead atoms. The topological polar surface area (TPSA) is 16.8 Å². The molecule has 0 radical (unpaired) electrons. The molecule has 0 saturated carbocycles. The van der Waals surface area contributed by atoms with E-state index in [0.29, 0.717) is 0 Å². The zero-order chi connectivity index (χ0) is 9.80. The van der Waals surface area contributed by atoms with Gasteiger partial charge in [0, 0.05) is 11.6 Å². The van der Waals surface area contributed by atoms with Gasteiger partial charge >= 0.3 is 0 Å². The Morgan fingerprint density at radius 2 is 1.93 bits per heavy atom. The summed E-state index contributed by atoms with van der Waals surface area (Å²) in [4.78, 5) is 4.01. The molecule has 1 unspecified atom stereocenters. The summed E-state index contributed by atoms with van der Waals surface area (Å²) in [6.45, 7) is 0. The Hall–Kier alpha value is -1.41. The van der Waals surface area contributed by atoms with Gasteiger partial charge in [0.2, 0.25) is 0 Å². The van der Waals surface area contributed by atoms with Gasteiger partial charge in [0.15, 0.2) is 5.50 Å². The van der Waals surface area contributed by atoms with Crippen molar-refractivity contribution in [3.8, 4) is 0 Å². The molecule has 1 aromatic heterocycles. The smallest absolute Gasteiger partial charge is 0.216 e. The maximum atomic E-state index is 6.25. The van der Waals surface area contributed by atoms with Crippen LogP contribution in [-0.2, 0) is 0 Å². The first-order valence-electron chi connectivity index (χ1n) is 4.38. The van der Waals surface area contributed by atoms with E-state index >= 15 is 0 Å². The molecular weight excluding hydrogens is 196 g/mol. The zero-order valence-corrected chi connectivity index (χ0v) is 8.30. The second-order valence-corrected chi connectivity index (χ2v) is 3.36. The summed E-state index contributed by atoms with van der Waals surface area (Å²) in [6.07, 6.45) is 5.34. The Morgan fingerprint density at radius 1 is 1.14 bits per heavy atom. The van der Waals surface area contributed by atoms with Gasteiger partial charge in [0.1, 0.15) is 6.20 Å². The predicted molar refractivity (Wildman–Crippen MR) is 54.9 cm³/mol. The number of benzene rings is 1. The van der Waals surface area contributed by atoms with Gasteiger partial charge in [-0.2, -0.15) is 0 Å². The standard InChI is InChI=1S/C11H10ClN2/c12-11(10-5-2-1-3-6-10)14-8-4-7-13-9-14/h1-9,11H/q+1. The van der Waals surface area contributed by atoms with Crippen molar-refractivity contribution >= 4 is 11.6 Å². The van der Waals surface area contributed by atoms with Crippen molar-refractivity contribution in [2.24, 2.45) is 0 Å². The van der Waals surface area contributed by atoms with Gasteiger partial charge < -0.3 is 0 Å². The number of nitrogens with zero attached hydrogens (tertiary/aromatic N) is 2. The van der Waals surface area contributed by atoms with Crippen LogP contribution in [0.15, 0.2) is 55.1 Å². The van der Waals surface area contributed by atoms with Gasteiger partial charge in [-0.1, -0.05) is 46.9 Å². The highest BCUT2D eigenvalue weighted by atomic mass is 35.5. The number of halogens is 1. The number of hydrogen-bond donors (Lipinski definition) is 0. The summed E-state index contributed by atoms with van der Waals surface area (Å²) in [5.41, 5.74) is 0.872. The molecule has 0 amide bonds. The molecule has 1 atom stereocenters. The second-order valence-electron chi connectivity index (χ2n) is 2.95. The molecular formula is C11H10ClN2+. The molecule has 2 rings (SSSR count). The minimum absolute atomic E-state index is 0.190. The first-order valence-corrected chi connectivity index (χ1v) is 4.81. The molecule has 0 spiro atoms. The highest BCUT2D eigenvalue weighted by Gasteiger charge is 2.12. The summed E-state index contributed by atoms with van der Waals surface area (Å²) in [5.74, 6) is 0. The Kier molecular flexibility index (Phi) is 2.75. The molecule has 3 heteroatoms. The van der Waals surface area contributed by atoms with Gasteiger partial charge in [-0.3, -0.25) is 0 Å². The third-order valence-corrected chi connectivity index (χ3v) is 2.44. The third-order valence-electron chi connectivity index (χ3n) is 1.97. The lowest BCUT2D eigenvalue weighted by Crippen LogP contribution is -2.36. The molecule has 0 aliphatic heterocycles. The van der Waals surface area contributed by atoms with E-state index < -0.39 is 0 Å². The average Bonchev–Trinajstić information content (AvgIpc) is 2.30. The van der Waals surface area contributed by atoms with Crippen LogP contribution >= 0.6 is 11.6 Å². The van der Waals surface area contributed by atoms with Crippen molar-refractivity contribution in [1.82, 2.24) is 4.98 Å². The van der Waals surface area contributed by atoms with Crippen LogP contribution in [0.25, 0.3) is 0 Å². The van der Waals surface area contributed by atoms with E-state index in [1.165, 1.54) is 0 Å². The fourth-order valence-corrected chi connectivity index (χ4v) is 1.52. The molecule has 0 aliphatic carbocycles. The van der Waals surface area contributed by atoms with Gasteiger partial charge in [-0.25, -0.2) is 4.57 Å². The lowest BCUT2D eigenvalue weighted by molar-refractivity contribution is -0.697. The Balaban J connectivity index is 2.30. The van der Waals surface area contributed by atoms with E-state index in [9.17, 15) is 0 Å². The van der Waals surface area contributed by atoms with Crippen LogP contribution in [0, 0.1) is 0 Å². The molecule has 1 heterocycles. The average molecular weight is 206 g/mol. The third kappa shape index (κ3) is 1.91. The fourth-order valence-electron chi connectivity index (χ4n) is 1.26. The highest BCUT2D eigenvalue weighted by molar-refractivity contribution is 6.19. The first-order chi connectivity index (χ1) is 6.88. The quantitative estimate of drug-likeness (QED) is 0.542. The Labute approximate surface area is 87.8 Å². The number of rotatable bonds is 2. The van der Waals surface area contributed by atoms with Crippen molar-refractivity contribution in [2.45, 2.75) is 5.50 Å². The maximum Gasteiger partial charge on any atom is 0.287 e. The van der Waals surface area contributed by atoms with E-state index in [1.807, 2.05) is 47.2 Å². The molecule has 2 nitrogen and oxygen atoms in total. The second kappa shape index (κ2) is 4.20. The van der Waals surface area contributed by atoms with Crippen molar-refractivity contribution in [3.63, 3.8) is 0 Å². The fraction of sp³-hybridized carbons (Fsp3) is 0.0909. The number of alkyl halides is 1. The van der Waals surface area contributed by atoms with Crippen molar-refractivity contribution in [2.75, 3.05) is 0 Å². The van der Waals surface area contributed by atoms with E-state index in [-0.39, 0.29) is 5.50 Å². The van der Waals surface area contributed by atoms with E-state index in [1.54, 1.807) is 12.5 Å². The van der Waals surface area contributed by atoms with Crippen LogP contribution in [0.3, 0.4) is 0 Å². The van der Waals surface area contributed by atoms with Crippen molar-refractivity contribution in [1.29, 1.82) is 0 Å². The molecule has 1 aromatic carbocycles. The molecule has 0 N–H and O–H groups in total. The van der Waals surface area contributed by atoms with Crippen LogP contribution in [0.2, 0.25) is 0 Å². The lowest BCUT2D eigenvalue weighted by atomic mass is 10.2. The zero-order valence-electron chi connectivity index (χ0n) is 7.55.